The number of nitrogens with two attached hydrogens (primary N) is 1. The van der Waals surface area contributed by atoms with Crippen LogP contribution in [0.3, 0.4) is 0 Å². The Bertz CT molecular complexity index is 527. The van der Waals surface area contributed by atoms with E-state index in [4.69, 9.17) is 5.73 Å². The van der Waals surface area contributed by atoms with Gasteiger partial charge in [0.1, 0.15) is 5.82 Å². The standard InChI is InChI=1S/C10H7F4N3/c11-6-1-3-7(4-2-6)17-9(10(12,13)14)8(15)5-16-17/h1-5H,15H2. The highest BCUT2D eigenvalue weighted by atomic mass is 19.4. The molecule has 0 amide bonds. The molecule has 0 fully saturated rings. The summed E-state index contributed by atoms with van der Waals surface area (Å²) in [5.74, 6) is -0.539. The highest BCUT2D eigenvalue weighted by molar-refractivity contribution is 5.47. The first kappa shape index (κ1) is 11.4. The summed E-state index contributed by atoms with van der Waals surface area (Å²) in [5, 5.41) is 3.53. The smallest absolute Gasteiger partial charge is 0.396 e. The average Bonchev–Trinajstić information content (AvgIpc) is 2.61. The van der Waals surface area contributed by atoms with Gasteiger partial charge in [-0.3, -0.25) is 0 Å². The molecule has 1 aromatic carbocycles. The number of hydrogen-bond acceptors (Lipinski definition) is 2. The number of nitrogens with zero attached hydrogens (tertiary/aromatic N) is 2. The molecule has 0 atom stereocenters. The third kappa shape index (κ3) is 2.08. The van der Waals surface area contributed by atoms with E-state index in [-0.39, 0.29) is 5.69 Å². The zero-order valence-electron chi connectivity index (χ0n) is 8.37. The van der Waals surface area contributed by atoms with Gasteiger partial charge in [0.2, 0.25) is 0 Å². The van der Waals surface area contributed by atoms with Gasteiger partial charge >= 0.3 is 6.18 Å². The van der Waals surface area contributed by atoms with Crippen LogP contribution in [0.4, 0.5) is 23.2 Å². The van der Waals surface area contributed by atoms with Crippen LogP contribution in [0.25, 0.3) is 5.69 Å². The number of benzene rings is 1. The van der Waals surface area contributed by atoms with Crippen LogP contribution in [0.5, 0.6) is 0 Å². The predicted octanol–water partition coefficient (Wildman–Crippen LogP) is 2.61. The molecular formula is C10H7F4N3. The molecule has 0 spiro atoms. The van der Waals surface area contributed by atoms with Crippen LogP contribution in [0.15, 0.2) is 30.5 Å². The lowest BCUT2D eigenvalue weighted by molar-refractivity contribution is -0.142. The molecule has 0 bridgehead atoms. The molecule has 0 unspecified atom stereocenters. The number of halogens is 4. The Morgan fingerprint density at radius 3 is 2.24 bits per heavy atom. The molecule has 17 heavy (non-hydrogen) atoms. The lowest BCUT2D eigenvalue weighted by Gasteiger charge is -2.11. The first-order valence-electron chi connectivity index (χ1n) is 4.56. The van der Waals surface area contributed by atoms with Crippen molar-refractivity contribution >= 4 is 5.69 Å². The highest BCUT2D eigenvalue weighted by Crippen LogP contribution is 2.34. The van der Waals surface area contributed by atoms with E-state index in [1.165, 1.54) is 12.1 Å². The highest BCUT2D eigenvalue weighted by Gasteiger charge is 2.38. The summed E-state index contributed by atoms with van der Waals surface area (Å²) in [6.07, 6.45) is -3.71. The molecule has 0 aliphatic rings. The van der Waals surface area contributed by atoms with E-state index in [0.717, 1.165) is 18.3 Å². The van der Waals surface area contributed by atoms with Crippen molar-refractivity contribution in [3.05, 3.63) is 42.0 Å². The number of hydrogen-bond donors (Lipinski definition) is 1. The molecule has 2 rings (SSSR count). The molecule has 3 nitrogen and oxygen atoms in total. The van der Waals surface area contributed by atoms with Crippen LogP contribution < -0.4 is 5.73 Å². The van der Waals surface area contributed by atoms with Gasteiger partial charge in [-0.05, 0) is 24.3 Å². The normalized spacial score (nSPS) is 11.8. The van der Waals surface area contributed by atoms with Gasteiger partial charge in [0.05, 0.1) is 17.6 Å². The van der Waals surface area contributed by atoms with Gasteiger partial charge in [-0.15, -0.1) is 0 Å². The minimum atomic E-state index is -4.62. The van der Waals surface area contributed by atoms with E-state index in [1.54, 1.807) is 0 Å². The zero-order chi connectivity index (χ0) is 12.6. The Labute approximate surface area is 93.5 Å². The fraction of sp³-hybridized carbons (Fsp3) is 0.100. The number of alkyl halides is 3. The van der Waals surface area contributed by atoms with Gasteiger partial charge in [-0.1, -0.05) is 0 Å². The monoisotopic (exact) mass is 245 g/mol. The Balaban J connectivity index is 2.57. The molecule has 90 valence electrons. The Morgan fingerprint density at radius 1 is 1.12 bits per heavy atom. The maximum absolute atomic E-state index is 12.7. The lowest BCUT2D eigenvalue weighted by Crippen LogP contribution is -2.15. The van der Waals surface area contributed by atoms with E-state index >= 15 is 0 Å². The van der Waals surface area contributed by atoms with Crippen molar-refractivity contribution in [2.24, 2.45) is 0 Å². The predicted molar refractivity (Wildman–Crippen MR) is 52.9 cm³/mol. The summed E-state index contributed by atoms with van der Waals surface area (Å²) in [4.78, 5) is 0. The Hall–Kier alpha value is -2.05. The van der Waals surface area contributed by atoms with Crippen molar-refractivity contribution in [2.75, 3.05) is 5.73 Å². The number of rotatable bonds is 1. The Kier molecular flexibility index (Phi) is 2.53. The van der Waals surface area contributed by atoms with E-state index in [9.17, 15) is 17.6 Å². The van der Waals surface area contributed by atoms with Crippen LogP contribution in [-0.4, -0.2) is 9.78 Å². The fourth-order valence-corrected chi connectivity index (χ4v) is 1.42. The van der Waals surface area contributed by atoms with Crippen LogP contribution in [0, 0.1) is 5.82 Å². The average molecular weight is 245 g/mol. The molecule has 0 aliphatic carbocycles. The van der Waals surface area contributed by atoms with Gasteiger partial charge < -0.3 is 5.73 Å². The third-order valence-electron chi connectivity index (χ3n) is 2.14. The minimum Gasteiger partial charge on any atom is -0.396 e. The van der Waals surface area contributed by atoms with Crippen molar-refractivity contribution < 1.29 is 17.6 Å². The quantitative estimate of drug-likeness (QED) is 0.785. The summed E-state index contributed by atoms with van der Waals surface area (Å²) in [6, 6.07) is 4.48. The second-order valence-electron chi connectivity index (χ2n) is 3.33. The van der Waals surface area contributed by atoms with Crippen LogP contribution in [-0.2, 0) is 6.18 Å². The summed E-state index contributed by atoms with van der Waals surface area (Å²) in [7, 11) is 0. The van der Waals surface area contributed by atoms with Crippen molar-refractivity contribution in [1.29, 1.82) is 0 Å². The van der Waals surface area contributed by atoms with Crippen molar-refractivity contribution in [3.63, 3.8) is 0 Å². The second kappa shape index (κ2) is 3.76. The van der Waals surface area contributed by atoms with E-state index in [2.05, 4.69) is 5.10 Å². The molecule has 1 aromatic heterocycles. The van der Waals surface area contributed by atoms with Crippen molar-refractivity contribution in [3.8, 4) is 5.69 Å². The lowest BCUT2D eigenvalue weighted by atomic mass is 10.3. The summed E-state index contributed by atoms with van der Waals surface area (Å²) < 4.78 is 51.4. The third-order valence-corrected chi connectivity index (χ3v) is 2.14. The van der Waals surface area contributed by atoms with E-state index in [0.29, 0.717) is 4.68 Å². The van der Waals surface area contributed by atoms with Gasteiger partial charge in [-0.2, -0.15) is 18.3 Å². The topological polar surface area (TPSA) is 43.8 Å². The minimum absolute atomic E-state index is 0.0930. The van der Waals surface area contributed by atoms with Gasteiger partial charge in [0, 0.05) is 0 Å². The molecule has 0 saturated carbocycles. The molecule has 1 heterocycles. The molecule has 2 aromatic rings. The number of aromatic nitrogens is 2. The summed E-state index contributed by atoms with van der Waals surface area (Å²) >= 11 is 0. The van der Waals surface area contributed by atoms with E-state index < -0.39 is 23.4 Å². The first-order valence-corrected chi connectivity index (χ1v) is 4.56. The number of nitrogen functional groups attached to an aromatic ring is 1. The van der Waals surface area contributed by atoms with Gasteiger partial charge in [0.15, 0.2) is 5.69 Å². The van der Waals surface area contributed by atoms with Crippen molar-refractivity contribution in [1.82, 2.24) is 9.78 Å². The number of anilines is 1. The zero-order valence-corrected chi connectivity index (χ0v) is 8.37. The van der Waals surface area contributed by atoms with Gasteiger partial charge in [-0.25, -0.2) is 9.07 Å². The van der Waals surface area contributed by atoms with Crippen molar-refractivity contribution in [2.45, 2.75) is 6.18 Å². The van der Waals surface area contributed by atoms with Crippen LogP contribution in [0.1, 0.15) is 5.69 Å². The molecular weight excluding hydrogens is 238 g/mol. The molecule has 2 N–H and O–H groups in total. The molecule has 0 radical (unpaired) electrons. The SMILES string of the molecule is Nc1cnn(-c2ccc(F)cc2)c1C(F)(F)F. The first-order chi connectivity index (χ1) is 7.89. The largest absolute Gasteiger partial charge is 0.435 e. The molecule has 0 saturated heterocycles. The fourth-order valence-electron chi connectivity index (χ4n) is 1.42. The van der Waals surface area contributed by atoms with E-state index in [1.807, 2.05) is 0 Å². The summed E-state index contributed by atoms with van der Waals surface area (Å²) in [5.41, 5.74) is 3.77. The molecule has 0 aliphatic heterocycles. The Morgan fingerprint density at radius 2 is 1.71 bits per heavy atom. The van der Waals surface area contributed by atoms with Crippen LogP contribution >= 0.6 is 0 Å². The maximum Gasteiger partial charge on any atom is 0.435 e. The molecule has 7 heteroatoms. The van der Waals surface area contributed by atoms with Gasteiger partial charge in [0.25, 0.3) is 0 Å². The van der Waals surface area contributed by atoms with Crippen LogP contribution in [0.2, 0.25) is 0 Å². The summed E-state index contributed by atoms with van der Waals surface area (Å²) in [6.45, 7) is 0. The second-order valence-corrected chi connectivity index (χ2v) is 3.33. The maximum atomic E-state index is 12.7.